The first-order valence-electron chi connectivity index (χ1n) is 16.4. The molecule has 2 heterocycles. The van der Waals surface area contributed by atoms with E-state index in [-0.39, 0.29) is 18.1 Å². The molecule has 4 aromatic rings. The Morgan fingerprint density at radius 1 is 0.766 bits per heavy atom. The molecular formula is C40H43ClO6. The van der Waals surface area contributed by atoms with E-state index in [0.717, 1.165) is 33.6 Å². The van der Waals surface area contributed by atoms with Gasteiger partial charge < -0.3 is 28.4 Å². The van der Waals surface area contributed by atoms with Crippen molar-refractivity contribution in [2.24, 2.45) is 5.92 Å². The SMILES string of the molecule is CCOc1ccc(Cc2cc3c(cc2Cl)OC/C=C\COC[C@H]2O[C@@H]3[C@H](OCc3ccccc3)[C@@H](OCc3ccccc3)[C@@H]2C)cc1. The Labute approximate surface area is 283 Å². The summed E-state index contributed by atoms with van der Waals surface area (Å²) in [5, 5.41) is 0.636. The fourth-order valence-corrected chi connectivity index (χ4v) is 6.41. The Morgan fingerprint density at radius 2 is 1.43 bits per heavy atom. The van der Waals surface area contributed by atoms with E-state index in [4.69, 9.17) is 40.0 Å². The molecule has 5 atom stereocenters. The number of hydrogen-bond donors (Lipinski definition) is 0. The van der Waals surface area contributed by atoms with Gasteiger partial charge in [-0.2, -0.15) is 0 Å². The molecule has 6 rings (SSSR count). The second-order valence-electron chi connectivity index (χ2n) is 12.0. The van der Waals surface area contributed by atoms with Gasteiger partial charge in [0.2, 0.25) is 0 Å². The highest BCUT2D eigenvalue weighted by Crippen LogP contribution is 2.44. The predicted molar refractivity (Wildman–Crippen MR) is 184 cm³/mol. The topological polar surface area (TPSA) is 55.4 Å². The summed E-state index contributed by atoms with van der Waals surface area (Å²) in [6, 6.07) is 32.6. The monoisotopic (exact) mass is 654 g/mol. The minimum Gasteiger partial charge on any atom is -0.494 e. The molecule has 2 aliphatic heterocycles. The Balaban J connectivity index is 1.39. The van der Waals surface area contributed by atoms with Crippen LogP contribution in [-0.2, 0) is 38.6 Å². The van der Waals surface area contributed by atoms with Crippen LogP contribution >= 0.6 is 11.6 Å². The summed E-state index contributed by atoms with van der Waals surface area (Å²) in [5.74, 6) is 1.51. The second-order valence-corrected chi connectivity index (χ2v) is 12.4. The zero-order valence-corrected chi connectivity index (χ0v) is 27.8. The number of benzene rings is 4. The van der Waals surface area contributed by atoms with Crippen molar-refractivity contribution in [3.63, 3.8) is 0 Å². The van der Waals surface area contributed by atoms with Crippen molar-refractivity contribution in [3.8, 4) is 11.5 Å². The molecule has 1 saturated heterocycles. The van der Waals surface area contributed by atoms with E-state index in [1.807, 2.05) is 73.7 Å². The maximum absolute atomic E-state index is 6.98. The van der Waals surface area contributed by atoms with E-state index < -0.39 is 12.2 Å². The van der Waals surface area contributed by atoms with Gasteiger partial charge in [0, 0.05) is 16.5 Å². The van der Waals surface area contributed by atoms with Gasteiger partial charge in [-0.1, -0.05) is 97.4 Å². The van der Waals surface area contributed by atoms with E-state index in [0.29, 0.717) is 56.8 Å². The summed E-state index contributed by atoms with van der Waals surface area (Å²) in [6.45, 7) is 6.92. The molecule has 2 aliphatic rings. The molecule has 1 fully saturated rings. The maximum Gasteiger partial charge on any atom is 0.127 e. The van der Waals surface area contributed by atoms with E-state index >= 15 is 0 Å². The molecule has 4 aromatic carbocycles. The molecule has 0 aliphatic carbocycles. The van der Waals surface area contributed by atoms with E-state index in [1.54, 1.807) is 0 Å². The largest absolute Gasteiger partial charge is 0.494 e. The van der Waals surface area contributed by atoms with Gasteiger partial charge in [0.1, 0.15) is 30.3 Å². The molecule has 47 heavy (non-hydrogen) atoms. The van der Waals surface area contributed by atoms with Crippen LogP contribution in [0.15, 0.2) is 109 Å². The number of ether oxygens (including phenoxy) is 6. The third-order valence-corrected chi connectivity index (χ3v) is 9.08. The minimum atomic E-state index is -0.501. The molecule has 6 nitrogen and oxygen atoms in total. The molecule has 0 amide bonds. The highest BCUT2D eigenvalue weighted by molar-refractivity contribution is 6.31. The van der Waals surface area contributed by atoms with E-state index in [9.17, 15) is 0 Å². The predicted octanol–water partition coefficient (Wildman–Crippen LogP) is 8.54. The molecule has 0 unspecified atom stereocenters. The van der Waals surface area contributed by atoms with E-state index in [1.165, 1.54) is 0 Å². The van der Waals surface area contributed by atoms with Crippen molar-refractivity contribution >= 4 is 11.6 Å². The zero-order valence-electron chi connectivity index (χ0n) is 27.1. The maximum atomic E-state index is 6.98. The van der Waals surface area contributed by atoms with Crippen molar-refractivity contribution < 1.29 is 28.4 Å². The van der Waals surface area contributed by atoms with Gasteiger partial charge >= 0.3 is 0 Å². The smallest absolute Gasteiger partial charge is 0.127 e. The number of fused-ring (bicyclic) bond motifs is 4. The van der Waals surface area contributed by atoms with Crippen LogP contribution in [0.2, 0.25) is 5.02 Å². The van der Waals surface area contributed by atoms with Gasteiger partial charge in [-0.3, -0.25) is 0 Å². The van der Waals surface area contributed by atoms with Crippen LogP contribution in [0, 0.1) is 5.92 Å². The zero-order chi connectivity index (χ0) is 32.4. The fourth-order valence-electron chi connectivity index (χ4n) is 6.19. The molecule has 0 aromatic heterocycles. The van der Waals surface area contributed by atoms with Crippen LogP contribution in [0.3, 0.4) is 0 Å². The second kappa shape index (κ2) is 16.4. The molecule has 246 valence electrons. The van der Waals surface area contributed by atoms with Crippen LogP contribution in [0.5, 0.6) is 11.5 Å². The van der Waals surface area contributed by atoms with Gasteiger partial charge in [-0.05, 0) is 65.9 Å². The van der Waals surface area contributed by atoms with Crippen molar-refractivity contribution in [3.05, 3.63) is 142 Å². The third-order valence-electron chi connectivity index (χ3n) is 8.73. The van der Waals surface area contributed by atoms with Gasteiger partial charge in [-0.25, -0.2) is 0 Å². The van der Waals surface area contributed by atoms with Crippen molar-refractivity contribution in [2.45, 2.75) is 57.9 Å². The Morgan fingerprint density at radius 3 is 2.11 bits per heavy atom. The van der Waals surface area contributed by atoms with Gasteiger partial charge in [0.15, 0.2) is 0 Å². The quantitative estimate of drug-likeness (QED) is 0.160. The lowest BCUT2D eigenvalue weighted by Crippen LogP contribution is -2.53. The highest BCUT2D eigenvalue weighted by atomic mass is 35.5. The van der Waals surface area contributed by atoms with Crippen LogP contribution in [0.1, 0.15) is 47.8 Å². The number of rotatable bonds is 10. The van der Waals surface area contributed by atoms with Crippen LogP contribution < -0.4 is 9.47 Å². The minimum absolute atomic E-state index is 0.0114. The fraction of sp³-hybridized carbons (Fsp3) is 0.350. The lowest BCUT2D eigenvalue weighted by Gasteiger charge is -2.46. The third kappa shape index (κ3) is 8.64. The first-order chi connectivity index (χ1) is 23.1. The van der Waals surface area contributed by atoms with Gasteiger partial charge in [-0.15, -0.1) is 0 Å². The average Bonchev–Trinajstić information content (AvgIpc) is 3.09. The summed E-state index contributed by atoms with van der Waals surface area (Å²) in [4.78, 5) is 0. The number of halogens is 1. The molecule has 0 N–H and O–H groups in total. The summed E-state index contributed by atoms with van der Waals surface area (Å²) >= 11 is 6.96. The van der Waals surface area contributed by atoms with Gasteiger partial charge in [0.05, 0.1) is 45.2 Å². The van der Waals surface area contributed by atoms with Crippen LogP contribution in [0.25, 0.3) is 0 Å². The van der Waals surface area contributed by atoms with Crippen molar-refractivity contribution in [2.75, 3.05) is 26.4 Å². The molecule has 0 saturated carbocycles. The Hall–Kier alpha value is -3.65. The summed E-state index contributed by atoms with van der Waals surface area (Å²) in [6.07, 6.45) is 3.12. The lowest BCUT2D eigenvalue weighted by atomic mass is 9.84. The van der Waals surface area contributed by atoms with Crippen LogP contribution in [-0.4, -0.2) is 44.7 Å². The van der Waals surface area contributed by atoms with Crippen molar-refractivity contribution in [1.82, 2.24) is 0 Å². The summed E-state index contributed by atoms with van der Waals surface area (Å²) in [7, 11) is 0. The number of hydrogen-bond acceptors (Lipinski definition) is 6. The highest BCUT2D eigenvalue weighted by Gasteiger charge is 2.47. The van der Waals surface area contributed by atoms with E-state index in [2.05, 4.69) is 49.4 Å². The van der Waals surface area contributed by atoms with Crippen molar-refractivity contribution in [1.29, 1.82) is 0 Å². The Kier molecular flexibility index (Phi) is 11.6. The molecule has 0 radical (unpaired) electrons. The summed E-state index contributed by atoms with van der Waals surface area (Å²) in [5.41, 5.74) is 5.16. The first kappa shape index (κ1) is 33.3. The van der Waals surface area contributed by atoms with Crippen LogP contribution in [0.4, 0.5) is 0 Å². The normalized spacial score (nSPS) is 23.4. The molecule has 2 bridgehead atoms. The average molecular weight is 655 g/mol. The molecule has 7 heteroatoms. The van der Waals surface area contributed by atoms with Gasteiger partial charge in [0.25, 0.3) is 0 Å². The molecular weight excluding hydrogens is 612 g/mol. The Bertz CT molecular complexity index is 1580. The summed E-state index contributed by atoms with van der Waals surface area (Å²) < 4.78 is 38.7. The first-order valence-corrected chi connectivity index (χ1v) is 16.8. The lowest BCUT2D eigenvalue weighted by molar-refractivity contribution is -0.242. The standard InChI is InChI=1S/C40H43ClO6/c1-3-43-33-18-16-29(17-19-33)22-32-23-34-36(24-35(32)41)44-21-11-10-20-42-27-37-28(2)38(45-25-30-12-6-4-7-13-30)40(39(34)47-37)46-26-31-14-8-5-9-15-31/h4-19,23-24,28,37-40H,3,20-22,25-27H2,1-2H3/b11-10-/t28-,37-,38+,39+,40-/m1/s1. The molecule has 0 spiro atoms.